The number of nitrogens with zero attached hydrogens (tertiary/aromatic N) is 3. The number of sulfonamides is 1. The number of amides is 1. The molecule has 0 atom stereocenters. The Morgan fingerprint density at radius 3 is 2.78 bits per heavy atom. The van der Waals surface area contributed by atoms with Gasteiger partial charge in [-0.1, -0.05) is 24.3 Å². The molecule has 1 amide bonds. The Kier molecular flexibility index (Phi) is 4.95. The predicted octanol–water partition coefficient (Wildman–Crippen LogP) is 3.10. The van der Waals surface area contributed by atoms with Gasteiger partial charge in [-0.25, -0.2) is 12.8 Å². The molecule has 32 heavy (non-hydrogen) atoms. The monoisotopic (exact) mass is 451 g/mol. The highest BCUT2D eigenvalue weighted by atomic mass is 32.2. The summed E-state index contributed by atoms with van der Waals surface area (Å²) in [5, 5.41) is 10.4. The smallest absolute Gasteiger partial charge is 0.256 e. The summed E-state index contributed by atoms with van der Waals surface area (Å²) >= 11 is 0. The largest absolute Gasteiger partial charge is 0.305 e. The van der Waals surface area contributed by atoms with Crippen molar-refractivity contribution in [2.75, 3.05) is 11.9 Å². The van der Waals surface area contributed by atoms with Crippen LogP contribution >= 0.6 is 0 Å². The first-order valence-corrected chi connectivity index (χ1v) is 11.3. The van der Waals surface area contributed by atoms with Crippen molar-refractivity contribution < 1.29 is 17.6 Å². The summed E-state index contributed by atoms with van der Waals surface area (Å²) in [4.78, 5) is 16.9. The SMILES string of the molecule is O=C(Nc1n[nH]c2c1CN(S(=O)(=O)c1cccc3cccnc13)CC2)c1cccc(F)c1. The molecule has 3 heterocycles. The van der Waals surface area contributed by atoms with Crippen molar-refractivity contribution in [3.63, 3.8) is 0 Å². The van der Waals surface area contributed by atoms with Crippen molar-refractivity contribution in [2.45, 2.75) is 17.9 Å². The van der Waals surface area contributed by atoms with Gasteiger partial charge < -0.3 is 5.32 Å². The maximum Gasteiger partial charge on any atom is 0.256 e. The zero-order chi connectivity index (χ0) is 22.3. The van der Waals surface area contributed by atoms with Crippen molar-refractivity contribution in [3.05, 3.63) is 83.4 Å². The van der Waals surface area contributed by atoms with Crippen molar-refractivity contribution in [1.82, 2.24) is 19.5 Å². The van der Waals surface area contributed by atoms with Gasteiger partial charge in [-0.05, 0) is 30.3 Å². The Morgan fingerprint density at radius 2 is 1.94 bits per heavy atom. The van der Waals surface area contributed by atoms with E-state index in [1.54, 1.807) is 24.4 Å². The van der Waals surface area contributed by atoms with Crippen LogP contribution < -0.4 is 5.32 Å². The second-order valence-electron chi connectivity index (χ2n) is 7.41. The zero-order valence-corrected chi connectivity index (χ0v) is 17.6. The van der Waals surface area contributed by atoms with Crippen LogP contribution in [0.4, 0.5) is 10.2 Å². The van der Waals surface area contributed by atoms with Crippen LogP contribution in [0.15, 0.2) is 65.7 Å². The van der Waals surface area contributed by atoms with Crippen molar-refractivity contribution >= 4 is 32.7 Å². The summed E-state index contributed by atoms with van der Waals surface area (Å²) in [6.07, 6.45) is 1.97. The number of carbonyl (C=O) groups excluding carboxylic acids is 1. The molecule has 0 saturated heterocycles. The van der Waals surface area contributed by atoms with E-state index < -0.39 is 21.7 Å². The van der Waals surface area contributed by atoms with E-state index in [0.29, 0.717) is 17.5 Å². The molecule has 0 fully saturated rings. The second-order valence-corrected chi connectivity index (χ2v) is 9.32. The number of H-pyrrole nitrogens is 1. The van der Waals surface area contributed by atoms with Gasteiger partial charge in [0.1, 0.15) is 10.7 Å². The Balaban J connectivity index is 1.45. The van der Waals surface area contributed by atoms with Crippen molar-refractivity contribution in [1.29, 1.82) is 0 Å². The van der Waals surface area contributed by atoms with E-state index in [-0.39, 0.29) is 29.4 Å². The minimum absolute atomic E-state index is 0.0378. The van der Waals surface area contributed by atoms with Gasteiger partial charge in [0.05, 0.1) is 5.52 Å². The third kappa shape index (κ3) is 3.53. The van der Waals surface area contributed by atoms with E-state index in [9.17, 15) is 17.6 Å². The molecule has 2 N–H and O–H groups in total. The fraction of sp³-hybridized carbons (Fsp3) is 0.136. The summed E-state index contributed by atoms with van der Waals surface area (Å²) in [5.74, 6) is -0.829. The lowest BCUT2D eigenvalue weighted by atomic mass is 10.1. The molecule has 0 saturated carbocycles. The minimum atomic E-state index is -3.85. The number of hydrogen-bond donors (Lipinski definition) is 2. The fourth-order valence-corrected chi connectivity index (χ4v) is 5.39. The van der Waals surface area contributed by atoms with Crippen LogP contribution in [-0.2, 0) is 23.0 Å². The van der Waals surface area contributed by atoms with E-state index in [1.807, 2.05) is 12.1 Å². The van der Waals surface area contributed by atoms with Crippen LogP contribution in [0.3, 0.4) is 0 Å². The maximum atomic E-state index is 13.5. The Hall–Kier alpha value is -3.63. The van der Waals surface area contributed by atoms with Gasteiger partial charge in [-0.2, -0.15) is 9.40 Å². The topological polar surface area (TPSA) is 108 Å². The summed E-state index contributed by atoms with van der Waals surface area (Å²) < 4.78 is 41.7. The predicted molar refractivity (Wildman–Crippen MR) is 116 cm³/mol. The number of aromatic nitrogens is 3. The van der Waals surface area contributed by atoms with E-state index in [1.165, 1.54) is 22.5 Å². The van der Waals surface area contributed by atoms with Crippen LogP contribution in [0.25, 0.3) is 10.9 Å². The normalized spacial score (nSPS) is 14.3. The Bertz CT molecular complexity index is 1450. The molecule has 8 nitrogen and oxygen atoms in total. The summed E-state index contributed by atoms with van der Waals surface area (Å²) in [6, 6.07) is 13.9. The first kappa shape index (κ1) is 20.3. The number of pyridine rings is 1. The number of rotatable bonds is 4. The van der Waals surface area contributed by atoms with Crippen LogP contribution in [0.2, 0.25) is 0 Å². The number of aromatic amines is 1. The van der Waals surface area contributed by atoms with Crippen LogP contribution in [-0.4, -0.2) is 40.4 Å². The van der Waals surface area contributed by atoms with E-state index in [2.05, 4.69) is 20.5 Å². The summed E-state index contributed by atoms with van der Waals surface area (Å²) in [6.45, 7) is 0.300. The van der Waals surface area contributed by atoms with Crippen LogP contribution in [0.5, 0.6) is 0 Å². The number of fused-ring (bicyclic) bond motifs is 2. The molecular weight excluding hydrogens is 433 g/mol. The third-order valence-corrected chi connectivity index (χ3v) is 7.31. The molecule has 1 aliphatic heterocycles. The molecule has 1 aliphatic rings. The first-order valence-electron chi connectivity index (χ1n) is 9.90. The molecule has 2 aromatic carbocycles. The third-order valence-electron chi connectivity index (χ3n) is 5.43. The Morgan fingerprint density at radius 1 is 1.12 bits per heavy atom. The van der Waals surface area contributed by atoms with E-state index in [0.717, 1.165) is 17.1 Å². The second kappa shape index (κ2) is 7.81. The quantitative estimate of drug-likeness (QED) is 0.496. The van der Waals surface area contributed by atoms with Crippen LogP contribution in [0.1, 0.15) is 21.6 Å². The molecule has 0 radical (unpaired) electrons. The number of benzene rings is 2. The summed E-state index contributed by atoms with van der Waals surface area (Å²) in [7, 11) is -3.85. The van der Waals surface area contributed by atoms with Gasteiger partial charge in [-0.3, -0.25) is 14.9 Å². The minimum Gasteiger partial charge on any atom is -0.305 e. The maximum absolute atomic E-state index is 13.5. The zero-order valence-electron chi connectivity index (χ0n) is 16.7. The molecule has 0 bridgehead atoms. The van der Waals surface area contributed by atoms with Crippen LogP contribution in [0, 0.1) is 5.82 Å². The molecule has 2 aromatic heterocycles. The summed E-state index contributed by atoms with van der Waals surface area (Å²) in [5.41, 5.74) is 1.89. The first-order chi connectivity index (χ1) is 15.4. The van der Waals surface area contributed by atoms with Crippen molar-refractivity contribution in [2.24, 2.45) is 0 Å². The molecule has 162 valence electrons. The number of anilines is 1. The highest BCUT2D eigenvalue weighted by molar-refractivity contribution is 7.89. The fourth-order valence-electron chi connectivity index (χ4n) is 3.81. The number of para-hydroxylation sites is 1. The van der Waals surface area contributed by atoms with Crippen molar-refractivity contribution in [3.8, 4) is 0 Å². The highest BCUT2D eigenvalue weighted by Gasteiger charge is 2.32. The lowest BCUT2D eigenvalue weighted by molar-refractivity contribution is 0.102. The number of nitrogens with one attached hydrogen (secondary N) is 2. The molecule has 0 spiro atoms. The molecule has 0 unspecified atom stereocenters. The van der Waals surface area contributed by atoms with Gasteiger partial charge in [0.25, 0.3) is 5.91 Å². The average molecular weight is 451 g/mol. The number of halogens is 1. The standard InChI is InChI=1S/C22H18FN5O3S/c23-16-7-1-5-15(12-16)22(29)25-21-17-13-28(11-9-18(17)26-27-21)32(30,31)19-8-2-4-14-6-3-10-24-20(14)19/h1-8,10,12H,9,11,13H2,(H2,25,26,27,29). The number of hydrogen-bond acceptors (Lipinski definition) is 5. The van der Waals surface area contributed by atoms with Gasteiger partial charge in [0.15, 0.2) is 5.82 Å². The Labute approximate surface area is 183 Å². The highest BCUT2D eigenvalue weighted by Crippen LogP contribution is 2.30. The lowest BCUT2D eigenvalue weighted by Gasteiger charge is -2.26. The molecule has 5 rings (SSSR count). The number of carbonyl (C=O) groups is 1. The molecule has 4 aromatic rings. The van der Waals surface area contributed by atoms with Gasteiger partial charge >= 0.3 is 0 Å². The van der Waals surface area contributed by atoms with E-state index >= 15 is 0 Å². The van der Waals surface area contributed by atoms with Gasteiger partial charge in [0, 0.05) is 47.9 Å². The van der Waals surface area contributed by atoms with E-state index in [4.69, 9.17) is 0 Å². The average Bonchev–Trinajstić information content (AvgIpc) is 3.20. The molecule has 0 aliphatic carbocycles. The van der Waals surface area contributed by atoms with Gasteiger partial charge in [-0.15, -0.1) is 0 Å². The lowest BCUT2D eigenvalue weighted by Crippen LogP contribution is -2.36. The molecular formula is C22H18FN5O3S. The molecule has 10 heteroatoms. The van der Waals surface area contributed by atoms with Gasteiger partial charge in [0.2, 0.25) is 10.0 Å².